The molecule has 0 amide bonds. The predicted molar refractivity (Wildman–Crippen MR) is 122 cm³/mol. The van der Waals surface area contributed by atoms with Crippen LogP contribution in [-0.2, 0) is 11.0 Å². The van der Waals surface area contributed by atoms with Crippen molar-refractivity contribution in [2.75, 3.05) is 0 Å². The molecule has 2 aromatic carbocycles. The number of nitrogens with one attached hydrogen (secondary N) is 1. The van der Waals surface area contributed by atoms with E-state index in [0.29, 0.717) is 42.3 Å². The summed E-state index contributed by atoms with van der Waals surface area (Å²) in [7, 11) is 0. The van der Waals surface area contributed by atoms with E-state index in [4.69, 9.17) is 9.84 Å². The molecule has 36 heavy (non-hydrogen) atoms. The zero-order valence-electron chi connectivity index (χ0n) is 18.7. The second kappa shape index (κ2) is 9.21. The maximum absolute atomic E-state index is 14.9. The van der Waals surface area contributed by atoms with E-state index in [1.807, 2.05) is 0 Å². The van der Waals surface area contributed by atoms with Crippen LogP contribution in [0.5, 0.6) is 6.01 Å². The number of carboxylic acid groups (broad SMARTS) is 1. The number of carboxylic acids is 1. The van der Waals surface area contributed by atoms with Gasteiger partial charge >= 0.3 is 18.2 Å². The number of H-pyrrole nitrogens is 1. The predicted octanol–water partition coefficient (Wildman–Crippen LogP) is 5.87. The van der Waals surface area contributed by atoms with Crippen LogP contribution in [0.25, 0.3) is 33.5 Å². The molecule has 0 spiro atoms. The van der Waals surface area contributed by atoms with Gasteiger partial charge in [-0.25, -0.2) is 19.3 Å². The van der Waals surface area contributed by atoms with Gasteiger partial charge < -0.3 is 14.8 Å². The Morgan fingerprint density at radius 1 is 1.00 bits per heavy atom. The Labute approximate surface area is 202 Å². The van der Waals surface area contributed by atoms with Gasteiger partial charge in [-0.2, -0.15) is 13.2 Å². The number of benzene rings is 2. The maximum Gasteiger partial charge on any atom is 0.416 e. The number of aliphatic carboxylic acids is 1. The second-order valence-corrected chi connectivity index (χ2v) is 8.69. The topological polar surface area (TPSA) is 101 Å². The van der Waals surface area contributed by atoms with Gasteiger partial charge in [-0.15, -0.1) is 0 Å². The van der Waals surface area contributed by atoms with Gasteiger partial charge in [-0.1, -0.05) is 6.07 Å². The quantitative estimate of drug-likeness (QED) is 0.333. The number of nitrogens with zero attached hydrogens (tertiary/aromatic N) is 3. The first-order valence-corrected chi connectivity index (χ1v) is 11.3. The van der Waals surface area contributed by atoms with Crippen LogP contribution in [0.3, 0.4) is 0 Å². The maximum atomic E-state index is 14.9. The summed E-state index contributed by atoms with van der Waals surface area (Å²) in [5, 5.41) is 9.09. The Hall–Kier alpha value is -4.02. The third kappa shape index (κ3) is 4.86. The smallest absolute Gasteiger partial charge is 0.416 e. The summed E-state index contributed by atoms with van der Waals surface area (Å²) in [6.07, 6.45) is 0.639. The van der Waals surface area contributed by atoms with Gasteiger partial charge in [0.15, 0.2) is 0 Å². The molecule has 1 fully saturated rings. The lowest BCUT2D eigenvalue weighted by molar-refractivity contribution is -0.143. The lowest BCUT2D eigenvalue weighted by Gasteiger charge is -2.25. The average Bonchev–Trinajstić information content (AvgIpc) is 3.27. The monoisotopic (exact) mass is 500 g/mol. The van der Waals surface area contributed by atoms with Crippen molar-refractivity contribution in [1.29, 1.82) is 0 Å². The third-order valence-electron chi connectivity index (χ3n) is 6.29. The molecule has 1 aliphatic rings. The van der Waals surface area contributed by atoms with Crippen LogP contribution in [-0.4, -0.2) is 37.1 Å². The van der Waals surface area contributed by atoms with Gasteiger partial charge in [-0.05, 0) is 61.6 Å². The molecule has 0 saturated heterocycles. The molecule has 186 valence electrons. The number of alkyl halides is 3. The lowest BCUT2D eigenvalue weighted by Crippen LogP contribution is -2.28. The number of hydrogen-bond donors (Lipinski definition) is 2. The SMILES string of the molecule is O=C(O)C1CCC(Oc2ncc(-c3ccc(-c4nc5cc(C(F)(F)F)ccc5[nH]4)c(F)c3)cn2)CC1. The van der Waals surface area contributed by atoms with Crippen LogP contribution < -0.4 is 4.74 Å². The molecule has 1 aliphatic carbocycles. The van der Waals surface area contributed by atoms with Crippen LogP contribution in [0.4, 0.5) is 17.6 Å². The third-order valence-corrected chi connectivity index (χ3v) is 6.29. The Kier molecular flexibility index (Phi) is 6.07. The highest BCUT2D eigenvalue weighted by molar-refractivity contribution is 5.80. The molecule has 0 bridgehead atoms. The fourth-order valence-corrected chi connectivity index (χ4v) is 4.30. The first-order valence-electron chi connectivity index (χ1n) is 11.3. The van der Waals surface area contributed by atoms with Crippen LogP contribution in [0.15, 0.2) is 48.8 Å². The molecule has 2 N–H and O–H groups in total. The number of carbonyl (C=O) groups is 1. The Balaban J connectivity index is 1.30. The number of halogens is 4. The number of hydrogen-bond acceptors (Lipinski definition) is 5. The van der Waals surface area contributed by atoms with Crippen LogP contribution in [0.1, 0.15) is 31.2 Å². The van der Waals surface area contributed by atoms with E-state index in [0.717, 1.165) is 12.1 Å². The van der Waals surface area contributed by atoms with Crippen LogP contribution >= 0.6 is 0 Å². The van der Waals surface area contributed by atoms with Crippen molar-refractivity contribution >= 4 is 17.0 Å². The highest BCUT2D eigenvalue weighted by Gasteiger charge is 2.31. The van der Waals surface area contributed by atoms with Gasteiger partial charge in [0.1, 0.15) is 17.7 Å². The van der Waals surface area contributed by atoms with Crippen LogP contribution in [0, 0.1) is 11.7 Å². The van der Waals surface area contributed by atoms with Crippen molar-refractivity contribution in [3.8, 4) is 28.5 Å². The van der Waals surface area contributed by atoms with E-state index < -0.39 is 23.5 Å². The molecule has 1 saturated carbocycles. The molecular formula is C25H20F4N4O3. The Morgan fingerprint density at radius 2 is 1.72 bits per heavy atom. The minimum atomic E-state index is -4.50. The van der Waals surface area contributed by atoms with Gasteiger partial charge in [0.05, 0.1) is 28.1 Å². The fourth-order valence-electron chi connectivity index (χ4n) is 4.30. The van der Waals surface area contributed by atoms with Crippen molar-refractivity contribution in [3.63, 3.8) is 0 Å². The van der Waals surface area contributed by atoms with Gasteiger partial charge in [0, 0.05) is 18.0 Å². The summed E-state index contributed by atoms with van der Waals surface area (Å²) in [5.74, 6) is -1.63. The highest BCUT2D eigenvalue weighted by Crippen LogP contribution is 2.33. The van der Waals surface area contributed by atoms with E-state index in [-0.39, 0.29) is 34.9 Å². The van der Waals surface area contributed by atoms with Crippen molar-refractivity contribution in [2.24, 2.45) is 5.92 Å². The minimum Gasteiger partial charge on any atom is -0.481 e. The standard InChI is InChI=1S/C25H20F4N4O3/c26-19-9-14(15-11-30-24(31-12-15)36-17-5-1-13(2-6-17)23(34)35)3-7-18(19)22-32-20-8-4-16(25(27,28)29)10-21(20)33-22/h3-4,7-13,17H,1-2,5-6H2,(H,32,33)(H,34,35). The zero-order valence-corrected chi connectivity index (χ0v) is 18.7. The number of rotatable bonds is 5. The van der Waals surface area contributed by atoms with E-state index in [2.05, 4.69) is 19.9 Å². The minimum absolute atomic E-state index is 0.0868. The highest BCUT2D eigenvalue weighted by atomic mass is 19.4. The Morgan fingerprint density at radius 3 is 2.36 bits per heavy atom. The molecule has 11 heteroatoms. The van der Waals surface area contributed by atoms with Gasteiger partial charge in [0.2, 0.25) is 0 Å². The molecule has 4 aromatic rings. The van der Waals surface area contributed by atoms with Crippen molar-refractivity contribution in [1.82, 2.24) is 19.9 Å². The van der Waals surface area contributed by atoms with Crippen molar-refractivity contribution < 1.29 is 32.2 Å². The molecule has 5 rings (SSSR count). The van der Waals surface area contributed by atoms with E-state index >= 15 is 0 Å². The van der Waals surface area contributed by atoms with Crippen molar-refractivity contribution in [3.05, 3.63) is 60.2 Å². The number of ether oxygens (including phenoxy) is 1. The van der Waals surface area contributed by atoms with Gasteiger partial charge in [-0.3, -0.25) is 4.79 Å². The molecule has 0 atom stereocenters. The number of imidazole rings is 1. The Bertz CT molecular complexity index is 1410. The molecule has 7 nitrogen and oxygen atoms in total. The van der Waals surface area contributed by atoms with Gasteiger partial charge in [0.25, 0.3) is 0 Å². The van der Waals surface area contributed by atoms with E-state index in [9.17, 15) is 22.4 Å². The summed E-state index contributed by atoms with van der Waals surface area (Å²) in [4.78, 5) is 26.4. The molecular weight excluding hydrogens is 480 g/mol. The second-order valence-electron chi connectivity index (χ2n) is 8.69. The molecule has 2 heterocycles. The van der Waals surface area contributed by atoms with Crippen LogP contribution in [0.2, 0.25) is 0 Å². The largest absolute Gasteiger partial charge is 0.481 e. The normalized spacial score (nSPS) is 18.3. The molecule has 0 aliphatic heterocycles. The summed E-state index contributed by atoms with van der Waals surface area (Å²) in [6, 6.07) is 7.68. The number of aromatic amines is 1. The van der Waals surface area contributed by atoms with E-state index in [1.165, 1.54) is 30.6 Å². The number of aromatic nitrogens is 4. The van der Waals surface area contributed by atoms with Crippen molar-refractivity contribution in [2.45, 2.75) is 38.0 Å². The molecule has 0 unspecified atom stereocenters. The van der Waals surface area contributed by atoms with E-state index in [1.54, 1.807) is 6.07 Å². The summed E-state index contributed by atoms with van der Waals surface area (Å²) in [6.45, 7) is 0. The number of fused-ring (bicyclic) bond motifs is 1. The zero-order chi connectivity index (χ0) is 25.4. The lowest BCUT2D eigenvalue weighted by atomic mass is 9.87. The summed E-state index contributed by atoms with van der Waals surface area (Å²) in [5.41, 5.74) is 0.776. The summed E-state index contributed by atoms with van der Waals surface area (Å²) >= 11 is 0. The molecule has 2 aromatic heterocycles. The average molecular weight is 500 g/mol. The fraction of sp³-hybridized carbons (Fsp3) is 0.280. The first kappa shape index (κ1) is 23.7. The first-order chi connectivity index (χ1) is 17.2. The molecule has 0 radical (unpaired) electrons. The summed E-state index contributed by atoms with van der Waals surface area (Å²) < 4.78 is 59.6.